The molecule has 1 rings (SSSR count). The molecule has 0 aromatic carbocycles. The van der Waals surface area contributed by atoms with Gasteiger partial charge >= 0.3 is 11.3 Å². The number of hydrogen-bond donors (Lipinski definition) is 0. The number of methoxy groups -OCH3 is 1. The van der Waals surface area contributed by atoms with Crippen molar-refractivity contribution in [2.75, 3.05) is 7.11 Å². The van der Waals surface area contributed by atoms with E-state index in [0.29, 0.717) is 23.2 Å². The van der Waals surface area contributed by atoms with Crippen molar-refractivity contribution in [2.45, 2.75) is 64.6 Å². The van der Waals surface area contributed by atoms with E-state index in [4.69, 9.17) is 9.47 Å². The molecule has 0 fully saturated rings. The van der Waals surface area contributed by atoms with Gasteiger partial charge in [-0.25, -0.2) is 14.6 Å². The maximum absolute atomic E-state index is 12.0. The van der Waals surface area contributed by atoms with E-state index in [1.165, 1.54) is 7.11 Å². The molecule has 0 bridgehead atoms. The highest BCUT2D eigenvalue weighted by Crippen LogP contribution is 2.27. The van der Waals surface area contributed by atoms with Crippen LogP contribution in [0.5, 0.6) is 0 Å². The van der Waals surface area contributed by atoms with E-state index in [-0.39, 0.29) is 5.97 Å². The van der Waals surface area contributed by atoms with Gasteiger partial charge in [0.25, 0.3) is 0 Å². The summed E-state index contributed by atoms with van der Waals surface area (Å²) in [6.07, 6.45) is 2.34. The molecule has 0 aliphatic carbocycles. The Balaban J connectivity index is 2.95. The third-order valence-corrected chi connectivity index (χ3v) is 3.63. The Kier molecular flexibility index (Phi) is 6.68. The summed E-state index contributed by atoms with van der Waals surface area (Å²) in [6.45, 7) is 11.3. The lowest BCUT2D eigenvalue weighted by atomic mass is 10.0. The van der Waals surface area contributed by atoms with Crippen molar-refractivity contribution in [2.24, 2.45) is 5.92 Å². The number of imidazole rings is 1. The maximum Gasteiger partial charge on any atom is 0.374 e. The predicted molar refractivity (Wildman–Crippen MR) is 89.6 cm³/mol. The molecule has 6 nitrogen and oxygen atoms in total. The SMILES string of the molecule is COC(=O)[C@H](CC(C)C)n1cc(SC(=O)OC(C)(C)C)nc1C. The highest BCUT2D eigenvalue weighted by molar-refractivity contribution is 8.13. The summed E-state index contributed by atoms with van der Waals surface area (Å²) in [4.78, 5) is 28.3. The van der Waals surface area contributed by atoms with Crippen LogP contribution in [-0.4, -0.2) is 33.5 Å². The number of aryl methyl sites for hydroxylation is 1. The standard InChI is InChI=1S/C16H26N2O4S/c1-10(2)8-12(14(19)21-7)18-9-13(17-11(18)3)23-15(20)22-16(4,5)6/h9-10,12H,8H2,1-7H3/t12-/m0/s1. The second-order valence-electron chi connectivity index (χ2n) is 6.77. The van der Waals surface area contributed by atoms with Gasteiger partial charge in [-0.3, -0.25) is 0 Å². The highest BCUT2D eigenvalue weighted by Gasteiger charge is 2.26. The number of carbonyl (C=O) groups excluding carboxylic acids is 2. The van der Waals surface area contributed by atoms with Crippen LogP contribution in [0.3, 0.4) is 0 Å². The van der Waals surface area contributed by atoms with Crippen LogP contribution in [0.25, 0.3) is 0 Å². The number of esters is 1. The average Bonchev–Trinajstić information content (AvgIpc) is 2.73. The normalized spacial score (nSPS) is 13.0. The number of ether oxygens (including phenoxy) is 2. The van der Waals surface area contributed by atoms with E-state index >= 15 is 0 Å². The van der Waals surface area contributed by atoms with Crippen LogP contribution in [0.4, 0.5) is 4.79 Å². The maximum atomic E-state index is 12.0. The molecule has 1 aromatic heterocycles. The van der Waals surface area contributed by atoms with Gasteiger partial charge < -0.3 is 14.0 Å². The van der Waals surface area contributed by atoms with Crippen molar-refractivity contribution in [3.8, 4) is 0 Å². The summed E-state index contributed by atoms with van der Waals surface area (Å²) in [5, 5.41) is 0.0926. The first-order valence-electron chi connectivity index (χ1n) is 7.57. The van der Waals surface area contributed by atoms with Gasteiger partial charge in [0.2, 0.25) is 0 Å². The lowest BCUT2D eigenvalue weighted by Gasteiger charge is -2.19. The molecule has 0 aliphatic heterocycles. The molecular weight excluding hydrogens is 316 g/mol. The zero-order valence-electron chi connectivity index (χ0n) is 14.9. The van der Waals surface area contributed by atoms with Crippen LogP contribution in [0.15, 0.2) is 11.2 Å². The second-order valence-corrected chi connectivity index (χ2v) is 7.72. The molecule has 0 amide bonds. The minimum Gasteiger partial charge on any atom is -0.467 e. The average molecular weight is 342 g/mol. The molecule has 7 heteroatoms. The largest absolute Gasteiger partial charge is 0.467 e. The van der Waals surface area contributed by atoms with E-state index in [0.717, 1.165) is 11.8 Å². The van der Waals surface area contributed by atoms with E-state index in [1.54, 1.807) is 17.7 Å². The Bertz CT molecular complexity index is 561. The molecule has 1 atom stereocenters. The van der Waals surface area contributed by atoms with E-state index < -0.39 is 16.9 Å². The van der Waals surface area contributed by atoms with E-state index in [2.05, 4.69) is 4.98 Å². The fourth-order valence-electron chi connectivity index (χ4n) is 2.09. The minimum atomic E-state index is -0.548. The lowest BCUT2D eigenvalue weighted by Crippen LogP contribution is -2.23. The van der Waals surface area contributed by atoms with Gasteiger partial charge in [0, 0.05) is 18.0 Å². The molecule has 0 N–H and O–H groups in total. The van der Waals surface area contributed by atoms with Crippen LogP contribution in [-0.2, 0) is 14.3 Å². The van der Waals surface area contributed by atoms with Crippen LogP contribution in [0.2, 0.25) is 0 Å². The van der Waals surface area contributed by atoms with Crippen LogP contribution in [0.1, 0.15) is 52.9 Å². The fraction of sp³-hybridized carbons (Fsp3) is 0.688. The van der Waals surface area contributed by atoms with Crippen LogP contribution in [0, 0.1) is 12.8 Å². The van der Waals surface area contributed by atoms with E-state index in [9.17, 15) is 9.59 Å². The van der Waals surface area contributed by atoms with E-state index in [1.807, 2.05) is 34.6 Å². The van der Waals surface area contributed by atoms with Crippen molar-refractivity contribution in [3.63, 3.8) is 0 Å². The van der Waals surface area contributed by atoms with Gasteiger partial charge in [-0.1, -0.05) is 13.8 Å². The summed E-state index contributed by atoms with van der Waals surface area (Å²) < 4.78 is 11.9. The molecule has 130 valence electrons. The molecule has 0 aliphatic rings. The van der Waals surface area contributed by atoms with Crippen molar-refractivity contribution < 1.29 is 19.1 Å². The molecule has 0 spiro atoms. The first-order valence-corrected chi connectivity index (χ1v) is 8.39. The minimum absolute atomic E-state index is 0.312. The van der Waals surface area contributed by atoms with Gasteiger partial charge in [-0.2, -0.15) is 0 Å². The molecule has 1 heterocycles. The van der Waals surface area contributed by atoms with Crippen molar-refractivity contribution in [3.05, 3.63) is 12.0 Å². The quantitative estimate of drug-likeness (QED) is 0.595. The zero-order chi connectivity index (χ0) is 17.8. The highest BCUT2D eigenvalue weighted by atomic mass is 32.2. The smallest absolute Gasteiger partial charge is 0.374 e. The predicted octanol–water partition coefficient (Wildman–Crippen LogP) is 3.98. The number of thioether (sulfide) groups is 1. The van der Waals surface area contributed by atoms with Gasteiger partial charge in [-0.05, 0) is 40.0 Å². The van der Waals surface area contributed by atoms with Gasteiger partial charge in [-0.15, -0.1) is 0 Å². The van der Waals surface area contributed by atoms with Crippen molar-refractivity contribution >= 4 is 23.0 Å². The second kappa shape index (κ2) is 7.86. The Hall–Kier alpha value is -1.50. The summed E-state index contributed by atoms with van der Waals surface area (Å²) >= 11 is 0.916. The van der Waals surface area contributed by atoms with Crippen molar-refractivity contribution in [1.82, 2.24) is 9.55 Å². The van der Waals surface area contributed by atoms with Gasteiger partial charge in [0.1, 0.15) is 22.5 Å². The van der Waals surface area contributed by atoms with Crippen molar-refractivity contribution in [1.29, 1.82) is 0 Å². The molecule has 0 saturated carbocycles. The summed E-state index contributed by atoms with van der Waals surface area (Å²) in [5.74, 6) is 0.669. The number of rotatable bonds is 5. The molecule has 1 aromatic rings. The molecule has 0 unspecified atom stereocenters. The Morgan fingerprint density at radius 3 is 2.43 bits per heavy atom. The molecule has 0 saturated heterocycles. The Morgan fingerprint density at radius 2 is 1.96 bits per heavy atom. The number of nitrogens with zero attached hydrogens (tertiary/aromatic N) is 2. The third kappa shape index (κ3) is 6.25. The zero-order valence-corrected chi connectivity index (χ0v) is 15.7. The monoisotopic (exact) mass is 342 g/mol. The first-order chi connectivity index (χ1) is 10.5. The summed E-state index contributed by atoms with van der Waals surface area (Å²) in [7, 11) is 1.37. The topological polar surface area (TPSA) is 70.4 Å². The first kappa shape index (κ1) is 19.5. The van der Waals surface area contributed by atoms with Crippen LogP contribution >= 0.6 is 11.8 Å². The fourth-order valence-corrected chi connectivity index (χ4v) is 2.89. The molecular formula is C16H26N2O4S. The number of hydrogen-bond acceptors (Lipinski definition) is 6. The Labute approximate surface area is 141 Å². The number of carbonyl (C=O) groups is 2. The number of aromatic nitrogens is 2. The summed E-state index contributed by atoms with van der Waals surface area (Å²) in [5.41, 5.74) is -0.548. The Morgan fingerprint density at radius 1 is 1.35 bits per heavy atom. The lowest BCUT2D eigenvalue weighted by molar-refractivity contribution is -0.145. The van der Waals surface area contributed by atoms with Gasteiger partial charge in [0.15, 0.2) is 0 Å². The molecule has 0 radical (unpaired) electrons. The third-order valence-electron chi connectivity index (χ3n) is 2.98. The molecule has 23 heavy (non-hydrogen) atoms. The summed E-state index contributed by atoms with van der Waals surface area (Å²) in [6, 6.07) is -0.444. The van der Waals surface area contributed by atoms with Gasteiger partial charge in [0.05, 0.1) is 7.11 Å². The van der Waals surface area contributed by atoms with Crippen LogP contribution < -0.4 is 0 Å².